The molecular weight excluding hydrogens is 651 g/mol. The number of carboxylic acids is 2. The molecule has 2 amide bonds. The van der Waals surface area contributed by atoms with E-state index in [1.54, 1.807) is 35.2 Å². The van der Waals surface area contributed by atoms with Gasteiger partial charge in [-0.25, -0.2) is 4.79 Å². The molecule has 3 fully saturated rings. The Balaban J connectivity index is 1.41. The van der Waals surface area contributed by atoms with Gasteiger partial charge in [-0.05, 0) is 64.9 Å². The van der Waals surface area contributed by atoms with E-state index in [0.29, 0.717) is 50.8 Å². The summed E-state index contributed by atoms with van der Waals surface area (Å²) in [7, 11) is -1.51. The molecule has 1 aromatic carbocycles. The summed E-state index contributed by atoms with van der Waals surface area (Å²) in [6, 6.07) is 11.0. The van der Waals surface area contributed by atoms with Gasteiger partial charge in [0.25, 0.3) is 0 Å². The maximum atomic E-state index is 13.6. The number of nitrogens with one attached hydrogen (secondary N) is 1. The molecule has 3 saturated heterocycles. The number of alkyl carbamates (subject to hydrolysis) is 1. The van der Waals surface area contributed by atoms with Gasteiger partial charge in [-0.3, -0.25) is 24.1 Å². The number of likely N-dealkylation sites (tertiary alicyclic amines) is 1. The molecule has 272 valence electrons. The second kappa shape index (κ2) is 17.1. The number of amides is 2. The van der Waals surface area contributed by atoms with Gasteiger partial charge < -0.3 is 39.2 Å². The first-order valence-corrected chi connectivity index (χ1v) is 17.1. The molecule has 3 aliphatic rings. The summed E-state index contributed by atoms with van der Waals surface area (Å²) in [5.41, 5.74) is -1.80. The summed E-state index contributed by atoms with van der Waals surface area (Å²) < 4.78 is 22.5. The molecule has 4 atom stereocenters. The van der Waals surface area contributed by atoms with Crippen molar-refractivity contribution in [2.24, 2.45) is 5.92 Å². The van der Waals surface area contributed by atoms with Crippen molar-refractivity contribution in [2.75, 3.05) is 32.8 Å². The number of nitriles is 1. The lowest BCUT2D eigenvalue weighted by Gasteiger charge is -2.43. The second-order valence-electron chi connectivity index (χ2n) is 13.9. The highest BCUT2D eigenvalue weighted by molar-refractivity contribution is 6.51. The highest BCUT2D eigenvalue weighted by atomic mass is 16.7. The lowest BCUT2D eigenvalue weighted by atomic mass is 9.75. The van der Waals surface area contributed by atoms with Crippen molar-refractivity contribution in [1.82, 2.24) is 15.1 Å². The fourth-order valence-corrected chi connectivity index (χ4v) is 6.76. The average Bonchev–Trinajstić information content (AvgIpc) is 3.19. The molecule has 0 radical (unpaired) electrons. The first-order chi connectivity index (χ1) is 23.7. The van der Waals surface area contributed by atoms with E-state index in [2.05, 4.69) is 30.1 Å². The Morgan fingerprint density at radius 3 is 2.46 bits per heavy atom. The van der Waals surface area contributed by atoms with E-state index in [0.717, 1.165) is 13.1 Å². The number of aliphatic carboxylic acids is 2. The van der Waals surface area contributed by atoms with Crippen molar-refractivity contribution in [3.05, 3.63) is 35.9 Å². The number of carbonyl (C=O) groups excluding carboxylic acids is 3. The van der Waals surface area contributed by atoms with Gasteiger partial charge in [-0.1, -0.05) is 30.3 Å². The molecule has 3 aliphatic heterocycles. The number of ether oxygens (including phenoxy) is 2. The third-order valence-corrected chi connectivity index (χ3v) is 9.55. The zero-order valence-electron chi connectivity index (χ0n) is 28.9. The van der Waals surface area contributed by atoms with Crippen LogP contribution in [0.5, 0.6) is 0 Å². The minimum absolute atomic E-state index is 0.0724. The fourth-order valence-electron chi connectivity index (χ4n) is 6.76. The van der Waals surface area contributed by atoms with Crippen molar-refractivity contribution in [3.63, 3.8) is 0 Å². The largest absolute Gasteiger partial charge is 0.552 e. The SMILES string of the molecule is C[C@@H]1CN(C(C)(C)CCC(C#N)C(=O)N2CCCC[C@@H](OC(=O)N[C@@H](Cc3ccccc3)B3OC(=O)C(CC(=O)O)(CC(=O)O)O3)C2)CCO1. The van der Waals surface area contributed by atoms with Crippen LogP contribution < -0.4 is 5.32 Å². The summed E-state index contributed by atoms with van der Waals surface area (Å²) in [4.78, 5) is 66.8. The molecule has 3 N–H and O–H groups in total. The van der Waals surface area contributed by atoms with E-state index < -0.39 is 67.5 Å². The Labute approximate surface area is 292 Å². The van der Waals surface area contributed by atoms with Gasteiger partial charge in [0.05, 0.1) is 44.1 Å². The maximum Gasteiger partial charge on any atom is 0.552 e. The van der Waals surface area contributed by atoms with Crippen LogP contribution in [0.1, 0.15) is 71.3 Å². The minimum Gasteiger partial charge on any atom is -0.506 e. The Bertz CT molecular complexity index is 1410. The monoisotopic (exact) mass is 698 g/mol. The van der Waals surface area contributed by atoms with Gasteiger partial charge in [0, 0.05) is 25.2 Å². The van der Waals surface area contributed by atoms with Crippen molar-refractivity contribution in [1.29, 1.82) is 5.26 Å². The van der Waals surface area contributed by atoms with Crippen LogP contribution in [-0.4, -0.2) is 119 Å². The molecule has 0 aliphatic carbocycles. The lowest BCUT2D eigenvalue weighted by Crippen LogP contribution is -2.52. The van der Waals surface area contributed by atoms with Crippen LogP contribution in [0, 0.1) is 17.2 Å². The zero-order valence-corrected chi connectivity index (χ0v) is 28.9. The molecule has 0 bridgehead atoms. The Morgan fingerprint density at radius 2 is 1.82 bits per heavy atom. The quantitative estimate of drug-likeness (QED) is 0.239. The van der Waals surface area contributed by atoms with E-state index in [1.807, 2.05) is 6.92 Å². The fraction of sp³-hybridized carbons (Fsp3) is 0.647. The number of carboxylic acid groups (broad SMARTS) is 2. The highest BCUT2D eigenvalue weighted by Gasteiger charge is 2.58. The first-order valence-electron chi connectivity index (χ1n) is 17.1. The molecule has 0 spiro atoms. The van der Waals surface area contributed by atoms with E-state index >= 15 is 0 Å². The first kappa shape index (κ1) is 38.6. The predicted molar refractivity (Wildman–Crippen MR) is 177 cm³/mol. The van der Waals surface area contributed by atoms with Crippen LogP contribution in [-0.2, 0) is 44.4 Å². The van der Waals surface area contributed by atoms with Crippen molar-refractivity contribution >= 4 is 37.0 Å². The molecule has 1 aromatic rings. The molecule has 0 aromatic heterocycles. The van der Waals surface area contributed by atoms with Gasteiger partial charge in [0.2, 0.25) is 5.91 Å². The normalized spacial score (nSPS) is 22.4. The minimum atomic E-state index is -2.28. The Kier molecular flexibility index (Phi) is 13.2. The van der Waals surface area contributed by atoms with Gasteiger partial charge in [-0.2, -0.15) is 5.26 Å². The highest BCUT2D eigenvalue weighted by Crippen LogP contribution is 2.32. The molecular formula is C34H47BN4O11. The third kappa shape index (κ3) is 10.4. The number of hydrogen-bond acceptors (Lipinski definition) is 11. The van der Waals surface area contributed by atoms with Crippen LogP contribution in [0.4, 0.5) is 4.79 Å². The summed E-state index contributed by atoms with van der Waals surface area (Å²) >= 11 is 0. The van der Waals surface area contributed by atoms with Gasteiger partial charge in [-0.15, -0.1) is 0 Å². The summed E-state index contributed by atoms with van der Waals surface area (Å²) in [5.74, 6) is -6.33. The van der Waals surface area contributed by atoms with Crippen LogP contribution in [0.15, 0.2) is 30.3 Å². The number of rotatable bonds is 14. The van der Waals surface area contributed by atoms with Crippen LogP contribution in [0.3, 0.4) is 0 Å². The van der Waals surface area contributed by atoms with Gasteiger partial charge in [0.1, 0.15) is 12.0 Å². The number of benzene rings is 1. The zero-order chi connectivity index (χ0) is 36.5. The molecule has 1 unspecified atom stereocenters. The number of hydrogen-bond donors (Lipinski definition) is 3. The van der Waals surface area contributed by atoms with E-state index in [9.17, 15) is 39.4 Å². The van der Waals surface area contributed by atoms with E-state index in [-0.39, 0.29) is 30.5 Å². The molecule has 3 heterocycles. The molecule has 0 saturated carbocycles. The second-order valence-corrected chi connectivity index (χ2v) is 13.9. The van der Waals surface area contributed by atoms with E-state index in [4.69, 9.17) is 18.8 Å². The number of morpholine rings is 1. The number of nitrogens with zero attached hydrogens (tertiary/aromatic N) is 3. The van der Waals surface area contributed by atoms with Crippen molar-refractivity contribution in [2.45, 2.75) is 101 Å². The van der Waals surface area contributed by atoms with Crippen LogP contribution >= 0.6 is 0 Å². The van der Waals surface area contributed by atoms with Gasteiger partial charge >= 0.3 is 31.1 Å². The Hall–Kier alpha value is -4.20. The lowest BCUT2D eigenvalue weighted by molar-refractivity contribution is -0.157. The molecule has 4 rings (SSSR count). The molecule has 15 nitrogen and oxygen atoms in total. The topological polar surface area (TPSA) is 205 Å². The van der Waals surface area contributed by atoms with Crippen molar-refractivity contribution in [3.8, 4) is 6.07 Å². The number of carbonyl (C=O) groups is 5. The molecule has 16 heteroatoms. The summed E-state index contributed by atoms with van der Waals surface area (Å²) in [6.45, 7) is 8.95. The smallest absolute Gasteiger partial charge is 0.506 e. The van der Waals surface area contributed by atoms with Crippen molar-refractivity contribution < 1.29 is 53.0 Å². The van der Waals surface area contributed by atoms with Gasteiger partial charge in [0.15, 0.2) is 5.60 Å². The average molecular weight is 699 g/mol. The standard InChI is InChI=1S/C34H47BN4O11/c1-23-21-39(15-16-47-23)33(2,3)13-12-25(20-36)30(44)38-14-8-7-11-26(22-38)48-32(46)37-27(17-24-9-5-4-6-10-24)35-49-31(45)34(50-35,18-28(40)41)19-29(42)43/h4-6,9-10,23,25-27H,7-8,11-19,21-22H2,1-3H3,(H,37,46)(H,40,41)(H,42,43)/t23-,25?,26-,27+/m1/s1. The molecule has 50 heavy (non-hydrogen) atoms. The predicted octanol–water partition coefficient (Wildman–Crippen LogP) is 2.41. The van der Waals surface area contributed by atoms with E-state index in [1.165, 1.54) is 0 Å². The Morgan fingerprint density at radius 1 is 1.12 bits per heavy atom. The maximum absolute atomic E-state index is 13.6. The summed E-state index contributed by atoms with van der Waals surface area (Å²) in [5, 5.41) is 31.5. The summed E-state index contributed by atoms with van der Waals surface area (Å²) in [6.07, 6.45) is -0.484. The van der Waals surface area contributed by atoms with Crippen LogP contribution in [0.2, 0.25) is 0 Å². The van der Waals surface area contributed by atoms with Crippen LogP contribution in [0.25, 0.3) is 0 Å². The third-order valence-electron chi connectivity index (χ3n) is 9.55.